The van der Waals surface area contributed by atoms with E-state index < -0.39 is 4.92 Å². The van der Waals surface area contributed by atoms with E-state index in [0.717, 1.165) is 0 Å². The molecule has 0 unspecified atom stereocenters. The van der Waals surface area contributed by atoms with Crippen molar-refractivity contribution < 1.29 is 9.72 Å². The molecule has 0 saturated heterocycles. The molecule has 2 aromatic rings. The molecule has 2 N–H and O–H groups in total. The first-order valence-corrected chi connectivity index (χ1v) is 9.56. The van der Waals surface area contributed by atoms with Crippen LogP contribution in [0.4, 0.5) is 28.7 Å². The van der Waals surface area contributed by atoms with Gasteiger partial charge in [-0.15, -0.1) is 0 Å². The Kier molecular flexibility index (Phi) is 7.46. The molecule has 0 bridgehead atoms. The van der Waals surface area contributed by atoms with Crippen LogP contribution in [0, 0.1) is 22.0 Å². The molecule has 0 aliphatic carbocycles. The normalized spacial score (nSPS) is 10.9. The fourth-order valence-electron chi connectivity index (χ4n) is 2.97. The van der Waals surface area contributed by atoms with Gasteiger partial charge in [-0.2, -0.15) is 0 Å². The molecule has 0 saturated carbocycles. The lowest BCUT2D eigenvalue weighted by molar-refractivity contribution is -0.383. The van der Waals surface area contributed by atoms with Gasteiger partial charge in [-0.1, -0.05) is 27.7 Å². The minimum Gasteiger partial charge on any atom is -0.350 e. The number of carbonyl (C=O) groups excluding carboxylic acids is 1. The second kappa shape index (κ2) is 9.81. The molecule has 9 heteroatoms. The zero-order valence-corrected chi connectivity index (χ0v) is 17.5. The molecule has 0 atom stereocenters. The van der Waals surface area contributed by atoms with Gasteiger partial charge < -0.3 is 15.5 Å². The first kappa shape index (κ1) is 22.1. The number of anilines is 4. The van der Waals surface area contributed by atoms with E-state index >= 15 is 0 Å². The van der Waals surface area contributed by atoms with Gasteiger partial charge in [0.15, 0.2) is 0 Å². The van der Waals surface area contributed by atoms with Crippen molar-refractivity contribution >= 4 is 34.6 Å². The van der Waals surface area contributed by atoms with Crippen LogP contribution in [0.5, 0.6) is 0 Å². The third kappa shape index (κ3) is 6.41. The smallest absolute Gasteiger partial charge is 0.350 e. The quantitative estimate of drug-likeness (QED) is 0.479. The fraction of sp³-hybridized carbons (Fsp3) is 0.450. The SMILES string of the molecule is CC(=O)Nc1ccc(Nc2ncnc(N(CC(C)C)CC(C)C)c2[N+](=O)[O-])cc1. The lowest BCUT2D eigenvalue weighted by Crippen LogP contribution is -2.32. The largest absolute Gasteiger partial charge is 0.353 e. The Morgan fingerprint density at radius 3 is 2.10 bits per heavy atom. The van der Waals surface area contributed by atoms with E-state index in [1.165, 1.54) is 13.3 Å². The predicted molar refractivity (Wildman–Crippen MR) is 115 cm³/mol. The first-order chi connectivity index (χ1) is 13.7. The number of carbonyl (C=O) groups is 1. The van der Waals surface area contributed by atoms with E-state index in [1.807, 2.05) is 4.90 Å². The Morgan fingerprint density at radius 1 is 1.07 bits per heavy atom. The lowest BCUT2D eigenvalue weighted by atomic mass is 10.1. The third-order valence-electron chi connectivity index (χ3n) is 3.92. The Labute approximate surface area is 170 Å². The number of nitrogens with zero attached hydrogens (tertiary/aromatic N) is 4. The maximum Gasteiger partial charge on any atom is 0.353 e. The highest BCUT2D eigenvalue weighted by atomic mass is 16.6. The molecule has 29 heavy (non-hydrogen) atoms. The summed E-state index contributed by atoms with van der Waals surface area (Å²) in [5.74, 6) is 0.911. The summed E-state index contributed by atoms with van der Waals surface area (Å²) >= 11 is 0. The van der Waals surface area contributed by atoms with Gasteiger partial charge in [0.25, 0.3) is 0 Å². The fourth-order valence-corrected chi connectivity index (χ4v) is 2.97. The predicted octanol–water partition coefficient (Wildman–Crippen LogP) is 4.21. The molecular weight excluding hydrogens is 372 g/mol. The average molecular weight is 400 g/mol. The summed E-state index contributed by atoms with van der Waals surface area (Å²) in [6, 6.07) is 6.86. The highest BCUT2D eigenvalue weighted by Gasteiger charge is 2.28. The lowest BCUT2D eigenvalue weighted by Gasteiger charge is -2.27. The summed E-state index contributed by atoms with van der Waals surface area (Å²) in [6.45, 7) is 11.0. The van der Waals surface area contributed by atoms with Gasteiger partial charge in [0.1, 0.15) is 6.33 Å². The van der Waals surface area contributed by atoms with Crippen molar-refractivity contribution in [2.24, 2.45) is 11.8 Å². The molecule has 9 nitrogen and oxygen atoms in total. The molecule has 2 rings (SSSR count). The Hall–Kier alpha value is -3.23. The van der Waals surface area contributed by atoms with Gasteiger partial charge in [-0.25, -0.2) is 9.97 Å². The van der Waals surface area contributed by atoms with Gasteiger partial charge in [-0.05, 0) is 36.1 Å². The highest BCUT2D eigenvalue weighted by Crippen LogP contribution is 2.34. The van der Waals surface area contributed by atoms with E-state index in [9.17, 15) is 14.9 Å². The van der Waals surface area contributed by atoms with E-state index in [4.69, 9.17) is 0 Å². The maximum atomic E-state index is 11.9. The van der Waals surface area contributed by atoms with Crippen LogP contribution in [-0.4, -0.2) is 33.9 Å². The van der Waals surface area contributed by atoms with Crippen LogP contribution >= 0.6 is 0 Å². The van der Waals surface area contributed by atoms with Gasteiger partial charge in [-0.3, -0.25) is 14.9 Å². The van der Waals surface area contributed by atoms with Gasteiger partial charge in [0.2, 0.25) is 17.5 Å². The number of benzene rings is 1. The topological polar surface area (TPSA) is 113 Å². The number of hydrogen-bond acceptors (Lipinski definition) is 7. The second-order valence-electron chi connectivity index (χ2n) is 7.73. The summed E-state index contributed by atoms with van der Waals surface area (Å²) in [6.07, 6.45) is 1.34. The number of nitro groups is 1. The Bertz CT molecular complexity index is 842. The average Bonchev–Trinajstić information content (AvgIpc) is 2.61. The minimum atomic E-state index is -0.447. The van der Waals surface area contributed by atoms with Crippen molar-refractivity contribution in [3.8, 4) is 0 Å². The minimum absolute atomic E-state index is 0.129. The summed E-state index contributed by atoms with van der Waals surface area (Å²) in [4.78, 5) is 32.9. The molecular formula is C20H28N6O3. The van der Waals surface area contributed by atoms with E-state index in [2.05, 4.69) is 48.3 Å². The van der Waals surface area contributed by atoms with Crippen LogP contribution in [-0.2, 0) is 4.79 Å². The van der Waals surface area contributed by atoms with Crippen molar-refractivity contribution in [3.05, 3.63) is 40.7 Å². The van der Waals surface area contributed by atoms with Crippen molar-refractivity contribution in [1.82, 2.24) is 9.97 Å². The Morgan fingerprint density at radius 2 is 1.62 bits per heavy atom. The summed E-state index contributed by atoms with van der Waals surface area (Å²) < 4.78 is 0. The number of hydrogen-bond donors (Lipinski definition) is 2. The molecule has 1 heterocycles. The molecule has 1 aromatic heterocycles. The maximum absolute atomic E-state index is 11.9. The summed E-state index contributed by atoms with van der Waals surface area (Å²) in [7, 11) is 0. The van der Waals surface area contributed by atoms with Crippen LogP contribution in [0.1, 0.15) is 34.6 Å². The molecule has 0 fully saturated rings. The van der Waals surface area contributed by atoms with Crippen LogP contribution in [0.3, 0.4) is 0 Å². The molecule has 156 valence electrons. The van der Waals surface area contributed by atoms with Crippen molar-refractivity contribution in [2.45, 2.75) is 34.6 Å². The van der Waals surface area contributed by atoms with Crippen LogP contribution in [0.15, 0.2) is 30.6 Å². The number of rotatable bonds is 9. The molecule has 1 aromatic carbocycles. The van der Waals surface area contributed by atoms with Crippen LogP contribution < -0.4 is 15.5 Å². The van der Waals surface area contributed by atoms with Crippen molar-refractivity contribution in [3.63, 3.8) is 0 Å². The number of nitrogens with one attached hydrogen (secondary N) is 2. The van der Waals surface area contributed by atoms with E-state index in [-0.39, 0.29) is 17.4 Å². The first-order valence-electron chi connectivity index (χ1n) is 9.56. The Balaban J connectivity index is 2.38. The molecule has 0 aliphatic rings. The van der Waals surface area contributed by atoms with E-state index in [0.29, 0.717) is 42.1 Å². The van der Waals surface area contributed by atoms with Gasteiger partial charge >= 0.3 is 5.69 Å². The van der Waals surface area contributed by atoms with Gasteiger partial charge in [0, 0.05) is 31.4 Å². The molecule has 0 radical (unpaired) electrons. The molecule has 1 amide bonds. The summed E-state index contributed by atoms with van der Waals surface area (Å²) in [5, 5.41) is 17.6. The molecule has 0 spiro atoms. The summed E-state index contributed by atoms with van der Waals surface area (Å²) in [5.41, 5.74) is 1.10. The molecule has 0 aliphatic heterocycles. The zero-order valence-electron chi connectivity index (χ0n) is 17.5. The monoisotopic (exact) mass is 400 g/mol. The van der Waals surface area contributed by atoms with Crippen molar-refractivity contribution in [1.29, 1.82) is 0 Å². The number of amides is 1. The van der Waals surface area contributed by atoms with E-state index in [1.54, 1.807) is 24.3 Å². The van der Waals surface area contributed by atoms with Crippen molar-refractivity contribution in [2.75, 3.05) is 28.6 Å². The van der Waals surface area contributed by atoms with Gasteiger partial charge in [0.05, 0.1) is 4.92 Å². The number of aromatic nitrogens is 2. The standard InChI is InChI=1S/C20H28N6O3/c1-13(2)10-25(11-14(3)4)20-18(26(28)29)19(21-12-22-20)24-17-8-6-16(7-9-17)23-15(5)27/h6-9,12-14H,10-11H2,1-5H3,(H,23,27)(H,21,22,24). The van der Waals surface area contributed by atoms with Crippen LogP contribution in [0.2, 0.25) is 0 Å². The third-order valence-corrected chi connectivity index (χ3v) is 3.92. The zero-order chi connectivity index (χ0) is 21.6. The second-order valence-corrected chi connectivity index (χ2v) is 7.73. The highest BCUT2D eigenvalue weighted by molar-refractivity contribution is 5.89. The van der Waals surface area contributed by atoms with Crippen LogP contribution in [0.25, 0.3) is 0 Å².